The highest BCUT2D eigenvalue weighted by atomic mass is 16.6. The fourth-order valence-electron chi connectivity index (χ4n) is 6.36. The Labute approximate surface area is 249 Å². The maximum absolute atomic E-state index is 14.0. The first-order valence-electron chi connectivity index (χ1n) is 15.4. The number of amides is 2. The summed E-state index contributed by atoms with van der Waals surface area (Å²) in [5, 5.41) is 8.34. The van der Waals surface area contributed by atoms with E-state index in [2.05, 4.69) is 19.2 Å². The molecule has 4 heterocycles. The summed E-state index contributed by atoms with van der Waals surface area (Å²) in [7, 11) is 0. The lowest BCUT2D eigenvalue weighted by molar-refractivity contribution is 0.0276. The number of carbonyl (C=O) groups excluding carboxylic acids is 2. The zero-order valence-electron chi connectivity index (χ0n) is 26.5. The zero-order chi connectivity index (χ0) is 30.4. The number of rotatable bonds is 5. The molecule has 1 aliphatic carbocycles. The third kappa shape index (κ3) is 6.76. The largest absolute Gasteiger partial charge is 0.444 e. The highest BCUT2D eigenvalue weighted by Gasteiger charge is 2.47. The van der Waals surface area contributed by atoms with E-state index in [1.54, 1.807) is 9.42 Å². The van der Waals surface area contributed by atoms with Crippen molar-refractivity contribution in [2.24, 2.45) is 11.8 Å². The average molecular weight is 585 g/mol. The summed E-state index contributed by atoms with van der Waals surface area (Å²) in [5.74, 6) is 2.11. The Hall–Kier alpha value is -3.08. The number of anilines is 2. The topological polar surface area (TPSA) is 111 Å². The molecule has 2 atom stereocenters. The van der Waals surface area contributed by atoms with Crippen LogP contribution in [0.3, 0.4) is 0 Å². The third-order valence-electron chi connectivity index (χ3n) is 8.26. The first-order valence-corrected chi connectivity index (χ1v) is 15.4. The number of ether oxygens (including phenoxy) is 3. The highest BCUT2D eigenvalue weighted by Crippen LogP contribution is 2.43. The van der Waals surface area contributed by atoms with Gasteiger partial charge in [-0.05, 0) is 85.0 Å². The molecule has 3 aliphatic rings. The molecule has 0 spiro atoms. The van der Waals surface area contributed by atoms with Gasteiger partial charge in [-0.25, -0.2) is 14.6 Å². The van der Waals surface area contributed by atoms with Crippen LogP contribution in [0.5, 0.6) is 0 Å². The molecule has 11 nitrogen and oxygen atoms in total. The van der Waals surface area contributed by atoms with Crippen molar-refractivity contribution in [3.63, 3.8) is 0 Å². The van der Waals surface area contributed by atoms with Crippen LogP contribution in [0.4, 0.5) is 21.2 Å². The van der Waals surface area contributed by atoms with Crippen LogP contribution in [0.15, 0.2) is 12.3 Å². The fourth-order valence-corrected chi connectivity index (χ4v) is 6.36. The average Bonchev–Trinajstić information content (AvgIpc) is 3.56. The number of aromatic nitrogens is 3. The normalized spacial score (nSPS) is 23.4. The SMILES string of the molecule is CC(C)c1cnn2c(N(C(=O)OC(C)(C)C)C3CC4CN(C(=O)OC(C)(C)C)CC4C3)cc(NC3CCOCC3)nc12. The van der Waals surface area contributed by atoms with Crippen LogP contribution in [-0.2, 0) is 14.2 Å². The summed E-state index contributed by atoms with van der Waals surface area (Å²) in [4.78, 5) is 35.4. The van der Waals surface area contributed by atoms with Crippen LogP contribution in [0, 0.1) is 11.8 Å². The zero-order valence-corrected chi connectivity index (χ0v) is 26.5. The molecule has 11 heteroatoms. The Morgan fingerprint density at radius 1 is 1.02 bits per heavy atom. The van der Waals surface area contributed by atoms with Gasteiger partial charge in [-0.3, -0.25) is 4.90 Å². The predicted octanol–water partition coefficient (Wildman–Crippen LogP) is 5.83. The van der Waals surface area contributed by atoms with Gasteiger partial charge in [0.2, 0.25) is 0 Å². The van der Waals surface area contributed by atoms with Gasteiger partial charge in [0.1, 0.15) is 22.8 Å². The molecule has 42 heavy (non-hydrogen) atoms. The van der Waals surface area contributed by atoms with Crippen LogP contribution in [0.2, 0.25) is 0 Å². The van der Waals surface area contributed by atoms with E-state index in [0.29, 0.717) is 32.1 Å². The van der Waals surface area contributed by atoms with E-state index in [4.69, 9.17) is 24.3 Å². The van der Waals surface area contributed by atoms with E-state index in [0.717, 1.165) is 42.7 Å². The van der Waals surface area contributed by atoms with Gasteiger partial charge in [0.15, 0.2) is 5.65 Å². The summed E-state index contributed by atoms with van der Waals surface area (Å²) in [6, 6.07) is 2.07. The van der Waals surface area contributed by atoms with Crippen molar-refractivity contribution in [3.8, 4) is 0 Å². The minimum absolute atomic E-state index is 0.108. The summed E-state index contributed by atoms with van der Waals surface area (Å²) >= 11 is 0. The Balaban J connectivity index is 1.48. The smallest absolute Gasteiger partial charge is 0.416 e. The number of hydrogen-bond acceptors (Lipinski definition) is 8. The van der Waals surface area contributed by atoms with Crippen LogP contribution in [0.25, 0.3) is 5.65 Å². The van der Waals surface area contributed by atoms with Crippen molar-refractivity contribution < 1.29 is 23.8 Å². The Bertz CT molecular complexity index is 1280. The molecule has 0 bridgehead atoms. The standard InChI is InChI=1S/C31H48N6O5/c1-19(2)24-16-32-37-26(15-25(34-27(24)37)33-22-9-11-40-12-10-22)36(29(39)42-31(6,7)8)23-13-20-17-35(18-21(20)14-23)28(38)41-30(3,4)5/h15-16,19-23H,9-14,17-18H2,1-8H3,(H,33,34). The molecule has 1 saturated carbocycles. The van der Waals surface area contributed by atoms with E-state index in [9.17, 15) is 9.59 Å². The first-order chi connectivity index (χ1) is 19.7. The molecular formula is C31H48N6O5. The van der Waals surface area contributed by atoms with Gasteiger partial charge < -0.3 is 24.4 Å². The number of nitrogens with one attached hydrogen (secondary N) is 1. The summed E-state index contributed by atoms with van der Waals surface area (Å²) in [6.07, 6.45) is 4.49. The number of hydrogen-bond donors (Lipinski definition) is 1. The van der Waals surface area contributed by atoms with Crippen molar-refractivity contribution in [2.45, 2.75) is 110 Å². The van der Waals surface area contributed by atoms with Crippen LogP contribution < -0.4 is 10.2 Å². The Morgan fingerprint density at radius 2 is 1.64 bits per heavy atom. The predicted molar refractivity (Wildman–Crippen MR) is 161 cm³/mol. The summed E-state index contributed by atoms with van der Waals surface area (Å²) in [5.41, 5.74) is 0.555. The minimum atomic E-state index is -0.667. The maximum atomic E-state index is 14.0. The van der Waals surface area contributed by atoms with Gasteiger partial charge in [0.05, 0.1) is 6.20 Å². The molecule has 0 radical (unpaired) electrons. The second-order valence-corrected chi connectivity index (χ2v) is 14.4. The molecule has 2 unspecified atom stereocenters. The van der Waals surface area contributed by atoms with Crippen LogP contribution in [-0.4, -0.2) is 81.3 Å². The molecule has 0 aromatic carbocycles. The van der Waals surface area contributed by atoms with Gasteiger partial charge in [-0.2, -0.15) is 9.61 Å². The molecular weight excluding hydrogens is 536 g/mol. The third-order valence-corrected chi connectivity index (χ3v) is 8.26. The quantitative estimate of drug-likeness (QED) is 0.467. The van der Waals surface area contributed by atoms with Gasteiger partial charge in [0, 0.05) is 50.0 Å². The molecule has 5 rings (SSSR count). The van der Waals surface area contributed by atoms with Gasteiger partial charge >= 0.3 is 12.2 Å². The number of carbonyl (C=O) groups is 2. The molecule has 1 N–H and O–H groups in total. The first kappa shape index (κ1) is 30.4. The summed E-state index contributed by atoms with van der Waals surface area (Å²) in [6.45, 7) is 18.2. The van der Waals surface area contributed by atoms with Crippen molar-refractivity contribution in [1.82, 2.24) is 19.5 Å². The Kier molecular flexibility index (Phi) is 8.35. The molecule has 2 aromatic heterocycles. The highest BCUT2D eigenvalue weighted by molar-refractivity contribution is 5.89. The second kappa shape index (κ2) is 11.5. The maximum Gasteiger partial charge on any atom is 0.416 e. The van der Waals surface area contributed by atoms with Crippen LogP contribution >= 0.6 is 0 Å². The van der Waals surface area contributed by atoms with E-state index >= 15 is 0 Å². The van der Waals surface area contributed by atoms with Gasteiger partial charge in [-0.1, -0.05) is 13.8 Å². The van der Waals surface area contributed by atoms with Crippen molar-refractivity contribution in [3.05, 3.63) is 17.8 Å². The number of nitrogens with zero attached hydrogens (tertiary/aromatic N) is 5. The summed E-state index contributed by atoms with van der Waals surface area (Å²) < 4.78 is 19.0. The van der Waals surface area contributed by atoms with E-state index < -0.39 is 17.3 Å². The minimum Gasteiger partial charge on any atom is -0.444 e. The Morgan fingerprint density at radius 3 is 2.21 bits per heavy atom. The number of fused-ring (bicyclic) bond motifs is 2. The van der Waals surface area contributed by atoms with Crippen LogP contribution in [0.1, 0.15) is 92.6 Å². The van der Waals surface area contributed by atoms with E-state index in [1.165, 1.54) is 0 Å². The molecule has 2 aliphatic heterocycles. The number of likely N-dealkylation sites (tertiary alicyclic amines) is 1. The van der Waals surface area contributed by atoms with Crippen molar-refractivity contribution >= 4 is 29.5 Å². The van der Waals surface area contributed by atoms with Gasteiger partial charge in [0.25, 0.3) is 0 Å². The van der Waals surface area contributed by atoms with E-state index in [-0.39, 0.29) is 35.9 Å². The molecule has 2 amide bonds. The van der Waals surface area contributed by atoms with Crippen molar-refractivity contribution in [2.75, 3.05) is 36.5 Å². The molecule has 2 saturated heterocycles. The lowest BCUT2D eigenvalue weighted by Gasteiger charge is -2.33. The molecule has 2 aromatic rings. The fraction of sp³-hybridized carbons (Fsp3) is 0.742. The molecule has 232 valence electrons. The second-order valence-electron chi connectivity index (χ2n) is 14.4. The monoisotopic (exact) mass is 584 g/mol. The lowest BCUT2D eigenvalue weighted by atomic mass is 10.0. The van der Waals surface area contributed by atoms with Gasteiger partial charge in [-0.15, -0.1) is 0 Å². The van der Waals surface area contributed by atoms with E-state index in [1.807, 2.05) is 58.7 Å². The lowest BCUT2D eigenvalue weighted by Crippen LogP contribution is -2.45. The molecule has 3 fully saturated rings. The van der Waals surface area contributed by atoms with Crippen molar-refractivity contribution in [1.29, 1.82) is 0 Å².